The molecule has 3 amide bonds. The maximum atomic E-state index is 12.6. The van der Waals surface area contributed by atoms with Gasteiger partial charge in [0.05, 0.1) is 39.8 Å². The molecule has 0 saturated carbocycles. The lowest BCUT2D eigenvalue weighted by Gasteiger charge is -2.23. The van der Waals surface area contributed by atoms with Crippen molar-refractivity contribution in [1.82, 2.24) is 15.6 Å². The molecule has 2 aromatic heterocycles. The number of hydrogen-bond donors (Lipinski definition) is 5. The Morgan fingerprint density at radius 2 is 2.00 bits per heavy atom. The van der Waals surface area contributed by atoms with Crippen molar-refractivity contribution in [3.05, 3.63) is 50.8 Å². The topological polar surface area (TPSA) is 152 Å². The van der Waals surface area contributed by atoms with Gasteiger partial charge in [0, 0.05) is 6.07 Å². The third-order valence-electron chi connectivity index (χ3n) is 5.17. The number of benzene rings is 1. The Hall–Kier alpha value is -2.79. The van der Waals surface area contributed by atoms with Gasteiger partial charge in [0.1, 0.15) is 4.34 Å². The van der Waals surface area contributed by atoms with Gasteiger partial charge in [-0.1, -0.05) is 47.5 Å². The number of nitrogens with two attached hydrogens (primary N) is 2. The lowest BCUT2D eigenvalue weighted by molar-refractivity contribution is -0.126. The molecule has 0 unspecified atom stereocenters. The van der Waals surface area contributed by atoms with Gasteiger partial charge in [-0.15, -0.1) is 11.3 Å². The Labute approximate surface area is 196 Å². The molecule has 12 heteroatoms. The van der Waals surface area contributed by atoms with Gasteiger partial charge in [0.2, 0.25) is 17.7 Å². The normalized spacial score (nSPS) is 18.2. The smallest absolute Gasteiger partial charge is 0.393 e. The maximum absolute atomic E-state index is 12.6. The molecule has 3 atom stereocenters. The summed E-state index contributed by atoms with van der Waals surface area (Å²) in [6, 6.07) is 7.05. The minimum absolute atomic E-state index is 0.214. The quantitative estimate of drug-likeness (QED) is 0.355. The second-order valence-corrected chi connectivity index (χ2v) is 9.40. The van der Waals surface area contributed by atoms with Gasteiger partial charge in [0.15, 0.2) is 0 Å². The highest BCUT2D eigenvalue weighted by Gasteiger charge is 2.35. The summed E-state index contributed by atoms with van der Waals surface area (Å²) in [4.78, 5) is 39.1. The van der Waals surface area contributed by atoms with Crippen molar-refractivity contribution in [2.24, 2.45) is 11.5 Å². The van der Waals surface area contributed by atoms with Crippen LogP contribution < -0.4 is 26.8 Å². The molecule has 2 heterocycles. The number of aromatic amines is 1. The van der Waals surface area contributed by atoms with E-state index in [4.69, 9.17) is 39.4 Å². The van der Waals surface area contributed by atoms with Crippen LogP contribution in [0.2, 0.25) is 9.36 Å². The summed E-state index contributed by atoms with van der Waals surface area (Å²) in [6.45, 7) is 0. The number of thiophene rings is 1. The SMILES string of the molecule is NC(=O)[C@H](N)CC(=O)N[C@@H]1c2ccccc2C[C@H]1NC(=O)Oc1cc2sc(Cl)c(Cl)c2[nH]1. The molecule has 32 heavy (non-hydrogen) atoms. The van der Waals surface area contributed by atoms with Crippen molar-refractivity contribution in [3.63, 3.8) is 0 Å². The standard InChI is InChI=1S/C20H19Cl2N5O4S/c21-15-17-12(32-18(15)22)7-14(27-17)31-20(30)25-11-5-8-3-1-2-4-9(8)16(11)26-13(28)6-10(23)19(24)29/h1-4,7,10-11,16,27H,5-6,23H2,(H2,24,29)(H,25,30)(H,26,28)/t10-,11-,16-/m1/s1. The van der Waals surface area contributed by atoms with Crippen LogP contribution >= 0.6 is 34.5 Å². The molecule has 0 saturated heterocycles. The van der Waals surface area contributed by atoms with Gasteiger partial charge < -0.3 is 31.8 Å². The van der Waals surface area contributed by atoms with E-state index in [1.54, 1.807) is 6.07 Å². The first-order valence-electron chi connectivity index (χ1n) is 9.60. The minimum Gasteiger partial charge on any atom is -0.393 e. The molecule has 0 aliphatic heterocycles. The number of carbonyl (C=O) groups excluding carboxylic acids is 3. The first-order valence-corrected chi connectivity index (χ1v) is 11.2. The van der Waals surface area contributed by atoms with E-state index >= 15 is 0 Å². The molecule has 9 nitrogen and oxygen atoms in total. The molecule has 0 fully saturated rings. The predicted octanol–water partition coefficient (Wildman–Crippen LogP) is 2.61. The number of rotatable bonds is 6. The first-order chi connectivity index (χ1) is 15.2. The Kier molecular flexibility index (Phi) is 6.29. The van der Waals surface area contributed by atoms with Crippen LogP contribution in [0.1, 0.15) is 23.6 Å². The number of hydrogen-bond acceptors (Lipinski definition) is 6. The zero-order valence-electron chi connectivity index (χ0n) is 16.5. The average Bonchev–Trinajstić information content (AvgIpc) is 3.35. The van der Waals surface area contributed by atoms with Crippen molar-refractivity contribution in [2.45, 2.75) is 31.0 Å². The fourth-order valence-electron chi connectivity index (χ4n) is 3.67. The molecule has 7 N–H and O–H groups in total. The third-order valence-corrected chi connectivity index (χ3v) is 7.11. The average molecular weight is 496 g/mol. The highest BCUT2D eigenvalue weighted by atomic mass is 35.5. The Morgan fingerprint density at radius 3 is 2.72 bits per heavy atom. The summed E-state index contributed by atoms with van der Waals surface area (Å²) in [5, 5.41) is 6.00. The third kappa shape index (κ3) is 4.53. The molecule has 1 aliphatic carbocycles. The van der Waals surface area contributed by atoms with Crippen LogP contribution in [0.25, 0.3) is 10.2 Å². The Balaban J connectivity index is 1.46. The molecular formula is C20H19Cl2N5O4S. The number of halogens is 2. The summed E-state index contributed by atoms with van der Waals surface area (Å²) in [7, 11) is 0. The molecular weight excluding hydrogens is 477 g/mol. The monoisotopic (exact) mass is 495 g/mol. The molecule has 4 rings (SSSR count). The zero-order chi connectivity index (χ0) is 23.0. The van der Waals surface area contributed by atoms with E-state index in [-0.39, 0.29) is 12.3 Å². The lowest BCUT2D eigenvalue weighted by atomic mass is 10.1. The van der Waals surface area contributed by atoms with Crippen LogP contribution in [0.4, 0.5) is 4.79 Å². The molecule has 1 aromatic carbocycles. The van der Waals surface area contributed by atoms with E-state index in [9.17, 15) is 14.4 Å². The van der Waals surface area contributed by atoms with Crippen LogP contribution in [-0.4, -0.2) is 35.0 Å². The molecule has 0 radical (unpaired) electrons. The number of nitrogens with one attached hydrogen (secondary N) is 3. The van der Waals surface area contributed by atoms with Crippen LogP contribution in [0.15, 0.2) is 30.3 Å². The summed E-state index contributed by atoms with van der Waals surface area (Å²) in [5.74, 6) is -1.00. The van der Waals surface area contributed by atoms with Crippen molar-refractivity contribution >= 4 is 62.7 Å². The number of H-pyrrole nitrogens is 1. The number of aromatic nitrogens is 1. The van der Waals surface area contributed by atoms with Crippen molar-refractivity contribution in [2.75, 3.05) is 0 Å². The molecule has 168 valence electrons. The number of ether oxygens (including phenoxy) is 1. The predicted molar refractivity (Wildman–Crippen MR) is 122 cm³/mol. The van der Waals surface area contributed by atoms with E-state index in [0.717, 1.165) is 15.8 Å². The highest BCUT2D eigenvalue weighted by molar-refractivity contribution is 7.23. The summed E-state index contributed by atoms with van der Waals surface area (Å²) >= 11 is 13.4. The van der Waals surface area contributed by atoms with E-state index in [2.05, 4.69) is 15.6 Å². The van der Waals surface area contributed by atoms with Crippen molar-refractivity contribution in [3.8, 4) is 5.88 Å². The number of primary amides is 1. The van der Waals surface area contributed by atoms with Crippen LogP contribution in [0, 0.1) is 0 Å². The minimum atomic E-state index is -1.09. The second-order valence-electron chi connectivity index (χ2n) is 7.36. The van der Waals surface area contributed by atoms with E-state index in [1.807, 2.05) is 24.3 Å². The fourth-order valence-corrected chi connectivity index (χ4v) is 5.14. The summed E-state index contributed by atoms with van der Waals surface area (Å²) in [6.07, 6.45) is -0.473. The molecule has 0 spiro atoms. The van der Waals surface area contributed by atoms with Crippen LogP contribution in [-0.2, 0) is 16.0 Å². The number of carbonyl (C=O) groups is 3. The zero-order valence-corrected chi connectivity index (χ0v) is 18.8. The van der Waals surface area contributed by atoms with E-state index in [0.29, 0.717) is 21.3 Å². The molecule has 3 aromatic rings. The first kappa shape index (κ1) is 22.4. The van der Waals surface area contributed by atoms with Gasteiger partial charge in [-0.25, -0.2) is 4.79 Å². The van der Waals surface area contributed by atoms with Gasteiger partial charge in [-0.3, -0.25) is 9.59 Å². The maximum Gasteiger partial charge on any atom is 0.414 e. The van der Waals surface area contributed by atoms with Crippen LogP contribution in [0.5, 0.6) is 5.88 Å². The van der Waals surface area contributed by atoms with Gasteiger partial charge >= 0.3 is 6.09 Å². The van der Waals surface area contributed by atoms with Crippen LogP contribution in [0.3, 0.4) is 0 Å². The Morgan fingerprint density at radius 1 is 1.25 bits per heavy atom. The Bertz CT molecular complexity index is 1210. The molecule has 0 bridgehead atoms. The van der Waals surface area contributed by atoms with Crippen molar-refractivity contribution < 1.29 is 19.1 Å². The lowest BCUT2D eigenvalue weighted by Crippen LogP contribution is -2.47. The second kappa shape index (κ2) is 8.99. The molecule has 1 aliphatic rings. The largest absolute Gasteiger partial charge is 0.414 e. The van der Waals surface area contributed by atoms with Gasteiger partial charge in [-0.05, 0) is 17.5 Å². The fraction of sp³-hybridized carbons (Fsp3) is 0.250. The number of fused-ring (bicyclic) bond motifs is 2. The van der Waals surface area contributed by atoms with E-state index in [1.165, 1.54) is 11.3 Å². The van der Waals surface area contributed by atoms with E-state index < -0.39 is 36.0 Å². The van der Waals surface area contributed by atoms with Crippen molar-refractivity contribution in [1.29, 1.82) is 0 Å². The summed E-state index contributed by atoms with van der Waals surface area (Å²) < 4.78 is 6.57. The number of amides is 3. The summed E-state index contributed by atoms with van der Waals surface area (Å²) in [5.41, 5.74) is 13.2. The highest BCUT2D eigenvalue weighted by Crippen LogP contribution is 2.40. The van der Waals surface area contributed by atoms with Gasteiger partial charge in [0.25, 0.3) is 0 Å². The van der Waals surface area contributed by atoms with Gasteiger partial charge in [-0.2, -0.15) is 0 Å².